The second kappa shape index (κ2) is 10.3. The molecular formula is C18H23BrClN3O3S. The van der Waals surface area contributed by atoms with Crippen molar-refractivity contribution in [3.63, 3.8) is 0 Å². The zero-order chi connectivity index (χ0) is 18.5. The molecule has 0 bridgehead atoms. The smallest absolute Gasteiger partial charge is 0.298 e. The molecule has 0 unspecified atom stereocenters. The Hall–Kier alpha value is -1.35. The molecular weight excluding hydrogens is 454 g/mol. The third-order valence-corrected chi connectivity index (χ3v) is 5.74. The van der Waals surface area contributed by atoms with Gasteiger partial charge in [0.15, 0.2) is 5.13 Å². The van der Waals surface area contributed by atoms with Gasteiger partial charge in [-0.25, -0.2) is 4.98 Å². The monoisotopic (exact) mass is 475 g/mol. The maximum absolute atomic E-state index is 13.0. The molecule has 0 fully saturated rings. The molecule has 3 rings (SSSR count). The van der Waals surface area contributed by atoms with E-state index in [4.69, 9.17) is 9.47 Å². The van der Waals surface area contributed by atoms with Gasteiger partial charge in [0.2, 0.25) is 5.76 Å². The molecule has 1 aliphatic rings. The third-order valence-electron chi connectivity index (χ3n) is 4.21. The third kappa shape index (κ3) is 5.34. The molecule has 2 heterocycles. The van der Waals surface area contributed by atoms with Crippen LogP contribution < -0.4 is 4.90 Å². The van der Waals surface area contributed by atoms with Crippen LogP contribution in [0.5, 0.6) is 0 Å². The topological polar surface area (TPSA) is 54.9 Å². The van der Waals surface area contributed by atoms with E-state index in [2.05, 4.69) is 39.7 Å². The fourth-order valence-corrected chi connectivity index (χ4v) is 4.22. The van der Waals surface area contributed by atoms with Crippen LogP contribution in [0, 0.1) is 0 Å². The summed E-state index contributed by atoms with van der Waals surface area (Å²) in [6.07, 6.45) is 1.40. The largest absolute Gasteiger partial charge is 0.494 e. The highest BCUT2D eigenvalue weighted by molar-refractivity contribution is 9.10. The van der Waals surface area contributed by atoms with Gasteiger partial charge in [-0.1, -0.05) is 41.1 Å². The van der Waals surface area contributed by atoms with Crippen molar-refractivity contribution >= 4 is 60.9 Å². The average molecular weight is 477 g/mol. The number of rotatable bonds is 7. The van der Waals surface area contributed by atoms with Gasteiger partial charge in [-0.3, -0.25) is 9.69 Å². The second-order valence-electron chi connectivity index (χ2n) is 5.79. The minimum absolute atomic E-state index is 0. The fraction of sp³-hybridized carbons (Fsp3) is 0.444. The summed E-state index contributed by atoms with van der Waals surface area (Å²) in [5.41, 5.74) is 0.878. The van der Waals surface area contributed by atoms with Gasteiger partial charge in [-0.2, -0.15) is 0 Å². The predicted molar refractivity (Wildman–Crippen MR) is 115 cm³/mol. The minimum Gasteiger partial charge on any atom is -0.494 e. The summed E-state index contributed by atoms with van der Waals surface area (Å²) >= 11 is 4.99. The molecule has 0 saturated carbocycles. The van der Waals surface area contributed by atoms with E-state index in [1.165, 1.54) is 17.6 Å². The van der Waals surface area contributed by atoms with Gasteiger partial charge in [0.25, 0.3) is 5.91 Å². The van der Waals surface area contributed by atoms with Gasteiger partial charge in [0.05, 0.1) is 10.2 Å². The van der Waals surface area contributed by atoms with E-state index in [1.54, 1.807) is 4.90 Å². The Balaban J connectivity index is 0.00000261. The quantitative estimate of drug-likeness (QED) is 0.603. The zero-order valence-electron chi connectivity index (χ0n) is 15.3. The lowest BCUT2D eigenvalue weighted by atomic mass is 10.3. The number of likely N-dealkylation sites (N-methyl/N-ethyl adjacent to an activating group) is 1. The van der Waals surface area contributed by atoms with Crippen LogP contribution in [0.1, 0.15) is 13.8 Å². The Morgan fingerprint density at radius 1 is 1.26 bits per heavy atom. The van der Waals surface area contributed by atoms with Crippen molar-refractivity contribution in [2.24, 2.45) is 0 Å². The van der Waals surface area contributed by atoms with E-state index in [9.17, 15) is 4.79 Å². The van der Waals surface area contributed by atoms with Crippen LogP contribution >= 0.6 is 39.7 Å². The SMILES string of the molecule is CCN(CC)CCN(C(=O)C1=COCCO1)c1nc2ccc(Br)cc2s1.Cl. The Labute approximate surface area is 177 Å². The summed E-state index contributed by atoms with van der Waals surface area (Å²) in [7, 11) is 0. The average Bonchev–Trinajstić information content (AvgIpc) is 3.08. The molecule has 6 nitrogen and oxygen atoms in total. The molecule has 27 heavy (non-hydrogen) atoms. The molecule has 148 valence electrons. The number of thiazole rings is 1. The van der Waals surface area contributed by atoms with Crippen molar-refractivity contribution < 1.29 is 14.3 Å². The van der Waals surface area contributed by atoms with Crippen LogP contribution in [0.25, 0.3) is 10.2 Å². The molecule has 0 atom stereocenters. The van der Waals surface area contributed by atoms with E-state index in [0.29, 0.717) is 24.9 Å². The van der Waals surface area contributed by atoms with Gasteiger partial charge < -0.3 is 14.4 Å². The standard InChI is InChI=1S/C18H22BrN3O3S.ClH/c1-3-21(4-2)7-8-22(17(23)15-12-24-9-10-25-15)18-20-14-6-5-13(19)11-16(14)26-18;/h5-6,11-12H,3-4,7-10H2,1-2H3;1H. The van der Waals surface area contributed by atoms with Crippen molar-refractivity contribution in [3.05, 3.63) is 34.7 Å². The Morgan fingerprint density at radius 2 is 2.04 bits per heavy atom. The summed E-state index contributed by atoms with van der Waals surface area (Å²) in [4.78, 5) is 21.7. The maximum Gasteiger partial charge on any atom is 0.298 e. The summed E-state index contributed by atoms with van der Waals surface area (Å²) in [5, 5.41) is 0.672. The highest BCUT2D eigenvalue weighted by atomic mass is 79.9. The Morgan fingerprint density at radius 3 is 2.70 bits per heavy atom. The first kappa shape index (κ1) is 21.9. The summed E-state index contributed by atoms with van der Waals surface area (Å²) in [6.45, 7) is 8.27. The first-order chi connectivity index (χ1) is 12.6. The lowest BCUT2D eigenvalue weighted by Gasteiger charge is -2.26. The number of nitrogens with zero attached hydrogens (tertiary/aromatic N) is 3. The van der Waals surface area contributed by atoms with Crippen molar-refractivity contribution in [2.75, 3.05) is 44.3 Å². The molecule has 0 aliphatic carbocycles. The van der Waals surface area contributed by atoms with Gasteiger partial charge >= 0.3 is 0 Å². The second-order valence-corrected chi connectivity index (χ2v) is 7.72. The van der Waals surface area contributed by atoms with E-state index >= 15 is 0 Å². The van der Waals surface area contributed by atoms with Crippen molar-refractivity contribution in [1.82, 2.24) is 9.88 Å². The van der Waals surface area contributed by atoms with Crippen LogP contribution in [0.2, 0.25) is 0 Å². The number of hydrogen-bond acceptors (Lipinski definition) is 6. The van der Waals surface area contributed by atoms with Crippen molar-refractivity contribution in [1.29, 1.82) is 0 Å². The molecule has 1 aliphatic heterocycles. The lowest BCUT2D eigenvalue weighted by molar-refractivity contribution is -0.119. The molecule has 0 spiro atoms. The maximum atomic E-state index is 13.0. The molecule has 1 aromatic heterocycles. The number of halogens is 2. The van der Waals surface area contributed by atoms with E-state index in [-0.39, 0.29) is 24.1 Å². The zero-order valence-corrected chi connectivity index (χ0v) is 18.5. The summed E-state index contributed by atoms with van der Waals surface area (Å²) in [5.74, 6) is 0.0196. The van der Waals surface area contributed by atoms with Gasteiger partial charge in [0, 0.05) is 17.6 Å². The summed E-state index contributed by atoms with van der Waals surface area (Å²) in [6, 6.07) is 5.92. The Kier molecular flexibility index (Phi) is 8.34. The fourth-order valence-electron chi connectivity index (χ4n) is 2.68. The summed E-state index contributed by atoms with van der Waals surface area (Å²) < 4.78 is 12.8. The number of ether oxygens (including phenoxy) is 2. The normalized spacial score (nSPS) is 13.6. The van der Waals surface area contributed by atoms with Crippen LogP contribution in [0.3, 0.4) is 0 Å². The van der Waals surface area contributed by atoms with Crippen LogP contribution in [-0.4, -0.2) is 55.2 Å². The predicted octanol–water partition coefficient (Wildman–Crippen LogP) is 4.04. The van der Waals surface area contributed by atoms with E-state index < -0.39 is 0 Å². The van der Waals surface area contributed by atoms with E-state index in [1.807, 2.05) is 18.2 Å². The number of aromatic nitrogens is 1. The van der Waals surface area contributed by atoms with Gasteiger partial charge in [-0.15, -0.1) is 12.4 Å². The van der Waals surface area contributed by atoms with Crippen LogP contribution in [0.4, 0.5) is 5.13 Å². The van der Waals surface area contributed by atoms with Crippen molar-refractivity contribution in [3.8, 4) is 0 Å². The molecule has 1 aromatic carbocycles. The van der Waals surface area contributed by atoms with Gasteiger partial charge in [-0.05, 0) is 31.3 Å². The van der Waals surface area contributed by atoms with E-state index in [0.717, 1.165) is 34.3 Å². The number of amides is 1. The molecule has 9 heteroatoms. The molecule has 0 N–H and O–H groups in total. The first-order valence-corrected chi connectivity index (χ1v) is 10.3. The van der Waals surface area contributed by atoms with Gasteiger partial charge in [0.1, 0.15) is 19.5 Å². The number of fused-ring (bicyclic) bond motifs is 1. The molecule has 1 amide bonds. The molecule has 2 aromatic rings. The molecule has 0 saturated heterocycles. The first-order valence-electron chi connectivity index (χ1n) is 8.67. The number of hydrogen-bond donors (Lipinski definition) is 0. The van der Waals surface area contributed by atoms with Crippen LogP contribution in [-0.2, 0) is 14.3 Å². The highest BCUT2D eigenvalue weighted by Crippen LogP contribution is 2.31. The van der Waals surface area contributed by atoms with Crippen molar-refractivity contribution in [2.45, 2.75) is 13.8 Å². The van der Waals surface area contributed by atoms with Crippen LogP contribution in [0.15, 0.2) is 34.7 Å². The Bertz CT molecular complexity index is 810. The number of carbonyl (C=O) groups is 1. The number of carbonyl (C=O) groups excluding carboxylic acids is 1. The number of anilines is 1. The number of benzene rings is 1. The lowest BCUT2D eigenvalue weighted by Crippen LogP contribution is -2.40. The highest BCUT2D eigenvalue weighted by Gasteiger charge is 2.26. The minimum atomic E-state index is -0.213. The molecule has 0 radical (unpaired) electrons.